The highest BCUT2D eigenvalue weighted by Crippen LogP contribution is 2.28. The molecule has 4 aromatic rings. The van der Waals surface area contributed by atoms with E-state index in [1.165, 1.54) is 5.56 Å². The molecule has 1 aromatic heterocycles. The molecule has 0 amide bonds. The summed E-state index contributed by atoms with van der Waals surface area (Å²) in [6.45, 7) is 8.05. The second-order valence-corrected chi connectivity index (χ2v) is 8.80. The molecule has 0 unspecified atom stereocenters. The Hall–Kier alpha value is -3.37. The van der Waals surface area contributed by atoms with Gasteiger partial charge in [-0.05, 0) is 73.7 Å². The maximum absolute atomic E-state index is 13.4. The van der Waals surface area contributed by atoms with Crippen molar-refractivity contribution in [3.8, 4) is 16.8 Å². The first-order valence-corrected chi connectivity index (χ1v) is 11.2. The van der Waals surface area contributed by atoms with Crippen molar-refractivity contribution in [2.45, 2.75) is 33.0 Å². The molecule has 1 saturated heterocycles. The zero-order valence-electron chi connectivity index (χ0n) is 18.8. The highest BCUT2D eigenvalue weighted by molar-refractivity contribution is 5.96. The van der Waals surface area contributed by atoms with E-state index in [4.69, 9.17) is 4.74 Å². The lowest BCUT2D eigenvalue weighted by Gasteiger charge is -2.36. The van der Waals surface area contributed by atoms with Crippen LogP contribution in [0.5, 0.6) is 0 Å². The Bertz CT molecular complexity index is 1300. The first kappa shape index (κ1) is 20.5. The average molecular weight is 425 g/mol. The lowest BCUT2D eigenvalue weighted by molar-refractivity contribution is -0.00521. The number of aromatic nitrogens is 1. The number of nitrogens with zero attached hydrogens (tertiary/aromatic N) is 2. The molecule has 1 aliphatic rings. The third-order valence-corrected chi connectivity index (χ3v) is 6.22. The summed E-state index contributed by atoms with van der Waals surface area (Å²) in [6.07, 6.45) is 2.31. The monoisotopic (exact) mass is 424 g/mol. The number of morpholine rings is 1. The van der Waals surface area contributed by atoms with Crippen LogP contribution in [-0.2, 0) is 4.74 Å². The van der Waals surface area contributed by atoms with Gasteiger partial charge in [-0.2, -0.15) is 0 Å². The maximum atomic E-state index is 13.4. The molecule has 2 heterocycles. The standard InChI is InChI=1S/C28H28N2O2/c1-19-7-9-22(10-8-19)25-5-4-6-27-26(25)15-16-30(28(27)31)24-13-11-23(12-14-24)29-17-20(2)32-21(3)18-29/h4-16,20-21H,17-18H2,1-3H3/t20-,21+. The van der Waals surface area contributed by atoms with Gasteiger partial charge in [-0.25, -0.2) is 0 Å². The fraction of sp³-hybridized carbons (Fsp3) is 0.250. The summed E-state index contributed by atoms with van der Waals surface area (Å²) in [5.74, 6) is 0. The molecular formula is C28H28N2O2. The smallest absolute Gasteiger partial charge is 0.262 e. The summed E-state index contributed by atoms with van der Waals surface area (Å²) >= 11 is 0. The van der Waals surface area contributed by atoms with E-state index in [0.29, 0.717) is 0 Å². The summed E-state index contributed by atoms with van der Waals surface area (Å²) < 4.78 is 7.58. The molecule has 1 aliphatic heterocycles. The minimum Gasteiger partial charge on any atom is -0.372 e. The fourth-order valence-electron chi connectivity index (χ4n) is 4.68. The first-order chi connectivity index (χ1) is 15.5. The van der Waals surface area contributed by atoms with Gasteiger partial charge in [-0.1, -0.05) is 42.0 Å². The Morgan fingerprint density at radius 2 is 1.44 bits per heavy atom. The molecular weight excluding hydrogens is 396 g/mol. The van der Waals surface area contributed by atoms with Gasteiger partial charge >= 0.3 is 0 Å². The normalized spacial score (nSPS) is 18.8. The number of aryl methyl sites for hydroxylation is 1. The quantitative estimate of drug-likeness (QED) is 0.431. The second-order valence-electron chi connectivity index (χ2n) is 8.80. The number of ether oxygens (including phenoxy) is 1. The number of fused-ring (bicyclic) bond motifs is 1. The number of benzene rings is 3. The molecule has 5 rings (SSSR count). The van der Waals surface area contributed by atoms with E-state index < -0.39 is 0 Å². The van der Waals surface area contributed by atoms with E-state index in [2.05, 4.69) is 68.1 Å². The van der Waals surface area contributed by atoms with Gasteiger partial charge < -0.3 is 9.64 Å². The molecule has 0 aliphatic carbocycles. The van der Waals surface area contributed by atoms with Crippen LogP contribution in [0.2, 0.25) is 0 Å². The third-order valence-electron chi connectivity index (χ3n) is 6.22. The Morgan fingerprint density at radius 1 is 0.781 bits per heavy atom. The van der Waals surface area contributed by atoms with Gasteiger partial charge in [0, 0.05) is 36.0 Å². The highest BCUT2D eigenvalue weighted by Gasteiger charge is 2.22. The Labute approximate surface area is 188 Å². The molecule has 32 heavy (non-hydrogen) atoms. The van der Waals surface area contributed by atoms with Crippen LogP contribution in [0.25, 0.3) is 27.6 Å². The van der Waals surface area contributed by atoms with Gasteiger partial charge in [0.1, 0.15) is 0 Å². The summed E-state index contributed by atoms with van der Waals surface area (Å²) in [5.41, 5.74) is 5.45. The van der Waals surface area contributed by atoms with Crippen LogP contribution in [0.1, 0.15) is 19.4 Å². The zero-order valence-corrected chi connectivity index (χ0v) is 18.8. The third kappa shape index (κ3) is 3.82. The first-order valence-electron chi connectivity index (χ1n) is 11.2. The number of anilines is 1. The molecule has 4 heteroatoms. The molecule has 0 radical (unpaired) electrons. The van der Waals surface area contributed by atoms with Crippen molar-refractivity contribution in [1.82, 2.24) is 4.57 Å². The van der Waals surface area contributed by atoms with E-state index in [1.807, 2.05) is 36.5 Å². The molecule has 3 aromatic carbocycles. The van der Waals surface area contributed by atoms with Crippen LogP contribution < -0.4 is 10.5 Å². The molecule has 162 valence electrons. The van der Waals surface area contributed by atoms with Crippen molar-refractivity contribution in [2.24, 2.45) is 0 Å². The van der Waals surface area contributed by atoms with E-state index >= 15 is 0 Å². The van der Waals surface area contributed by atoms with E-state index in [-0.39, 0.29) is 17.8 Å². The van der Waals surface area contributed by atoms with Gasteiger partial charge in [0.15, 0.2) is 0 Å². The van der Waals surface area contributed by atoms with Gasteiger partial charge in [0.25, 0.3) is 5.56 Å². The van der Waals surface area contributed by atoms with E-state index in [1.54, 1.807) is 4.57 Å². The zero-order chi connectivity index (χ0) is 22.2. The predicted molar refractivity (Wildman–Crippen MR) is 132 cm³/mol. The van der Waals surface area contributed by atoms with Crippen LogP contribution in [0.15, 0.2) is 83.8 Å². The molecule has 0 N–H and O–H groups in total. The number of rotatable bonds is 3. The molecule has 2 atom stereocenters. The number of pyridine rings is 1. The van der Waals surface area contributed by atoms with Crippen molar-refractivity contribution >= 4 is 16.5 Å². The Morgan fingerprint density at radius 3 is 2.12 bits per heavy atom. The molecule has 4 nitrogen and oxygen atoms in total. The van der Waals surface area contributed by atoms with Gasteiger partial charge in [0.05, 0.1) is 12.2 Å². The van der Waals surface area contributed by atoms with Crippen molar-refractivity contribution in [3.05, 3.63) is 94.9 Å². The van der Waals surface area contributed by atoms with Crippen LogP contribution in [-0.4, -0.2) is 29.9 Å². The van der Waals surface area contributed by atoms with Gasteiger partial charge in [-0.3, -0.25) is 9.36 Å². The summed E-state index contributed by atoms with van der Waals surface area (Å²) in [5, 5.41) is 1.70. The summed E-state index contributed by atoms with van der Waals surface area (Å²) in [4.78, 5) is 15.7. The van der Waals surface area contributed by atoms with Crippen molar-refractivity contribution in [1.29, 1.82) is 0 Å². The molecule has 0 bridgehead atoms. The minimum absolute atomic E-state index is 0.00201. The average Bonchev–Trinajstić information content (AvgIpc) is 2.79. The summed E-state index contributed by atoms with van der Waals surface area (Å²) in [6, 6.07) is 24.7. The lowest BCUT2D eigenvalue weighted by Crippen LogP contribution is -2.45. The SMILES string of the molecule is Cc1ccc(-c2cccc3c(=O)n(-c4ccc(N5C[C@@H](C)O[C@@H](C)C5)cc4)ccc23)cc1. The fourth-order valence-corrected chi connectivity index (χ4v) is 4.68. The van der Waals surface area contributed by atoms with Crippen LogP contribution >= 0.6 is 0 Å². The Kier molecular flexibility index (Phi) is 5.32. The van der Waals surface area contributed by atoms with Gasteiger partial charge in [-0.15, -0.1) is 0 Å². The van der Waals surface area contributed by atoms with E-state index in [9.17, 15) is 4.79 Å². The second kappa shape index (κ2) is 8.29. The highest BCUT2D eigenvalue weighted by atomic mass is 16.5. The van der Waals surface area contributed by atoms with Crippen molar-refractivity contribution < 1.29 is 4.74 Å². The Balaban J connectivity index is 1.50. The summed E-state index contributed by atoms with van der Waals surface area (Å²) in [7, 11) is 0. The largest absolute Gasteiger partial charge is 0.372 e. The van der Waals surface area contributed by atoms with Crippen LogP contribution in [0.3, 0.4) is 0 Å². The molecule has 1 fully saturated rings. The predicted octanol–water partition coefficient (Wildman–Crippen LogP) is 5.58. The maximum Gasteiger partial charge on any atom is 0.262 e. The van der Waals surface area contributed by atoms with Crippen LogP contribution in [0, 0.1) is 6.92 Å². The molecule has 0 saturated carbocycles. The minimum atomic E-state index is -0.00201. The molecule has 0 spiro atoms. The topological polar surface area (TPSA) is 34.5 Å². The van der Waals surface area contributed by atoms with Crippen molar-refractivity contribution in [2.75, 3.05) is 18.0 Å². The van der Waals surface area contributed by atoms with Crippen LogP contribution in [0.4, 0.5) is 5.69 Å². The van der Waals surface area contributed by atoms with E-state index in [0.717, 1.165) is 46.4 Å². The van der Waals surface area contributed by atoms with Crippen molar-refractivity contribution in [3.63, 3.8) is 0 Å². The number of hydrogen-bond donors (Lipinski definition) is 0. The van der Waals surface area contributed by atoms with Gasteiger partial charge in [0.2, 0.25) is 0 Å². The lowest BCUT2D eigenvalue weighted by atomic mass is 9.98. The number of hydrogen-bond acceptors (Lipinski definition) is 3.